The molecule has 1 amide bonds. The van der Waals surface area contributed by atoms with Crippen molar-refractivity contribution in [2.75, 3.05) is 4.31 Å². The summed E-state index contributed by atoms with van der Waals surface area (Å²) >= 11 is 6.20. The predicted molar refractivity (Wildman–Crippen MR) is 108 cm³/mol. The van der Waals surface area contributed by atoms with Gasteiger partial charge in [0.25, 0.3) is 10.0 Å². The van der Waals surface area contributed by atoms with Gasteiger partial charge < -0.3 is 4.74 Å². The summed E-state index contributed by atoms with van der Waals surface area (Å²) in [5.41, 5.74) is -2.19. The van der Waals surface area contributed by atoms with Crippen molar-refractivity contribution in [3.8, 4) is 0 Å². The third kappa shape index (κ3) is 4.62. The maximum absolute atomic E-state index is 13.3. The summed E-state index contributed by atoms with van der Waals surface area (Å²) in [4.78, 5) is 16.6. The lowest BCUT2D eigenvalue weighted by atomic mass is 10.2. The van der Waals surface area contributed by atoms with Crippen LogP contribution in [0.5, 0.6) is 0 Å². The summed E-state index contributed by atoms with van der Waals surface area (Å²) in [6.45, 7) is 4.58. The number of amides is 1. The van der Waals surface area contributed by atoms with E-state index < -0.39 is 44.4 Å². The molecule has 7 nitrogen and oxygen atoms in total. The Labute approximate surface area is 181 Å². The molecule has 31 heavy (non-hydrogen) atoms. The summed E-state index contributed by atoms with van der Waals surface area (Å²) in [6.07, 6.45) is -5.31. The van der Waals surface area contributed by atoms with Crippen molar-refractivity contribution in [1.82, 2.24) is 9.38 Å². The van der Waals surface area contributed by atoms with Crippen LogP contribution in [0.3, 0.4) is 0 Å². The Hall–Kier alpha value is -2.79. The van der Waals surface area contributed by atoms with Crippen LogP contribution in [0.2, 0.25) is 5.15 Å². The zero-order valence-corrected chi connectivity index (χ0v) is 18.1. The number of anilines is 1. The lowest BCUT2D eigenvalue weighted by Gasteiger charge is -2.25. The number of benzene rings is 1. The molecule has 0 aliphatic rings. The molecule has 166 valence electrons. The lowest BCUT2D eigenvalue weighted by molar-refractivity contribution is -0.137. The fraction of sp³-hybridized carbons (Fsp3) is 0.263. The number of sulfonamides is 1. The molecule has 0 N–H and O–H groups in total. The largest absolute Gasteiger partial charge is 0.443 e. The van der Waals surface area contributed by atoms with Gasteiger partial charge in [0.2, 0.25) is 0 Å². The first-order valence-corrected chi connectivity index (χ1v) is 10.6. The maximum Gasteiger partial charge on any atom is 0.430 e. The van der Waals surface area contributed by atoms with Crippen molar-refractivity contribution < 1.29 is 31.1 Å². The number of halogens is 4. The summed E-state index contributed by atoms with van der Waals surface area (Å²) in [6, 6.07) is 8.75. The van der Waals surface area contributed by atoms with Crippen molar-refractivity contribution in [3.63, 3.8) is 0 Å². The molecule has 0 bridgehead atoms. The van der Waals surface area contributed by atoms with E-state index in [0.29, 0.717) is 6.20 Å². The first kappa shape index (κ1) is 22.9. The minimum absolute atomic E-state index is 0.0928. The number of hydrogen-bond donors (Lipinski definition) is 0. The Kier molecular flexibility index (Phi) is 5.70. The van der Waals surface area contributed by atoms with Crippen LogP contribution < -0.4 is 4.31 Å². The first-order valence-electron chi connectivity index (χ1n) is 8.80. The van der Waals surface area contributed by atoms with Crippen molar-refractivity contribution in [2.24, 2.45) is 0 Å². The average Bonchev–Trinajstić information content (AvgIpc) is 2.96. The van der Waals surface area contributed by atoms with Gasteiger partial charge in [-0.2, -0.15) is 13.2 Å². The molecule has 0 radical (unpaired) electrons. The zero-order valence-electron chi connectivity index (χ0n) is 16.5. The quantitative estimate of drug-likeness (QED) is 0.524. The van der Waals surface area contributed by atoms with Crippen molar-refractivity contribution in [3.05, 3.63) is 59.4 Å². The molecule has 0 spiro atoms. The number of imidazole rings is 1. The van der Waals surface area contributed by atoms with Crippen LogP contribution in [0.4, 0.5) is 23.8 Å². The Morgan fingerprint density at radius 2 is 1.71 bits per heavy atom. The van der Waals surface area contributed by atoms with E-state index in [0.717, 1.165) is 16.5 Å². The van der Waals surface area contributed by atoms with Crippen LogP contribution in [0.1, 0.15) is 26.3 Å². The van der Waals surface area contributed by atoms with Crippen LogP contribution in [-0.4, -0.2) is 29.5 Å². The SMILES string of the molecule is CC(C)(C)OC(=O)N(c1nc2ccc(C(F)(F)F)cn2c1Cl)S(=O)(=O)c1ccccc1. The number of pyridine rings is 1. The zero-order chi connectivity index (χ0) is 23.2. The summed E-state index contributed by atoms with van der Waals surface area (Å²) in [7, 11) is -4.56. The van der Waals surface area contributed by atoms with Crippen molar-refractivity contribution in [2.45, 2.75) is 37.4 Å². The van der Waals surface area contributed by atoms with E-state index >= 15 is 0 Å². The van der Waals surface area contributed by atoms with Gasteiger partial charge in [-0.15, -0.1) is 4.31 Å². The molecular weight excluding hydrogens is 459 g/mol. The number of aromatic nitrogens is 2. The number of ether oxygens (including phenoxy) is 1. The molecule has 0 atom stereocenters. The number of fused-ring (bicyclic) bond motifs is 1. The molecular formula is C19H17ClF3N3O4S. The van der Waals surface area contributed by atoms with Crippen LogP contribution in [0.15, 0.2) is 53.6 Å². The number of carbonyl (C=O) groups is 1. The number of carbonyl (C=O) groups excluding carboxylic acids is 1. The van der Waals surface area contributed by atoms with Gasteiger partial charge in [-0.25, -0.2) is 18.2 Å². The molecule has 0 saturated carbocycles. The van der Waals surface area contributed by atoms with Crippen LogP contribution in [-0.2, 0) is 20.9 Å². The van der Waals surface area contributed by atoms with Gasteiger partial charge in [0.05, 0.1) is 10.5 Å². The molecule has 12 heteroatoms. The van der Waals surface area contributed by atoms with E-state index in [-0.39, 0.29) is 14.8 Å². The highest BCUT2D eigenvalue weighted by Gasteiger charge is 2.39. The number of nitrogens with zero attached hydrogens (tertiary/aromatic N) is 3. The highest BCUT2D eigenvalue weighted by molar-refractivity contribution is 7.93. The van der Waals surface area contributed by atoms with Gasteiger partial charge >= 0.3 is 12.3 Å². The molecule has 2 aromatic heterocycles. The summed E-state index contributed by atoms with van der Waals surface area (Å²) in [5.74, 6) is -0.584. The van der Waals surface area contributed by atoms with Crippen LogP contribution in [0, 0.1) is 0 Å². The second kappa shape index (κ2) is 7.72. The van der Waals surface area contributed by atoms with E-state index in [2.05, 4.69) is 4.98 Å². The standard InChI is InChI=1S/C19H17ClF3N3O4S/c1-18(2,3)30-17(27)26(31(28,29)13-7-5-4-6-8-13)16-15(20)25-11-12(19(21,22)23)9-10-14(25)24-16/h4-11H,1-3H3. The predicted octanol–water partition coefficient (Wildman–Crippen LogP) is 5.14. The topological polar surface area (TPSA) is 81.0 Å². The van der Waals surface area contributed by atoms with Crippen molar-refractivity contribution in [1.29, 1.82) is 0 Å². The second-order valence-electron chi connectivity index (χ2n) is 7.43. The van der Waals surface area contributed by atoms with E-state index in [9.17, 15) is 26.4 Å². The monoisotopic (exact) mass is 475 g/mol. The van der Waals surface area contributed by atoms with Crippen molar-refractivity contribution >= 4 is 39.2 Å². The fourth-order valence-electron chi connectivity index (χ4n) is 2.60. The lowest BCUT2D eigenvalue weighted by Crippen LogP contribution is -2.41. The van der Waals surface area contributed by atoms with E-state index in [1.165, 1.54) is 45.0 Å². The second-order valence-corrected chi connectivity index (χ2v) is 9.58. The Morgan fingerprint density at radius 1 is 1.10 bits per heavy atom. The third-order valence-corrected chi connectivity index (χ3v) is 5.93. The van der Waals surface area contributed by atoms with Gasteiger partial charge in [-0.1, -0.05) is 29.8 Å². The average molecular weight is 476 g/mol. The van der Waals surface area contributed by atoms with Gasteiger partial charge in [0.1, 0.15) is 11.2 Å². The highest BCUT2D eigenvalue weighted by atomic mass is 35.5. The molecule has 0 saturated heterocycles. The Morgan fingerprint density at radius 3 is 2.26 bits per heavy atom. The highest BCUT2D eigenvalue weighted by Crippen LogP contribution is 2.35. The molecule has 3 rings (SSSR count). The van der Waals surface area contributed by atoms with Gasteiger partial charge in [-0.05, 0) is 45.0 Å². The van der Waals surface area contributed by atoms with Gasteiger partial charge in [0.15, 0.2) is 11.0 Å². The fourth-order valence-corrected chi connectivity index (χ4v) is 4.21. The van der Waals surface area contributed by atoms with Crippen LogP contribution >= 0.6 is 11.6 Å². The normalized spacial score (nSPS) is 12.7. The first-order chi connectivity index (χ1) is 14.2. The van der Waals surface area contributed by atoms with E-state index in [1.54, 1.807) is 6.07 Å². The Balaban J connectivity index is 2.24. The molecule has 0 unspecified atom stereocenters. The van der Waals surface area contributed by atoms with E-state index in [1.807, 2.05) is 0 Å². The Bertz CT molecular complexity index is 1240. The third-order valence-electron chi connectivity index (χ3n) is 3.90. The minimum atomic E-state index is -4.66. The number of rotatable bonds is 3. The van der Waals surface area contributed by atoms with Gasteiger partial charge in [0, 0.05) is 6.20 Å². The summed E-state index contributed by atoms with van der Waals surface area (Å²) in [5, 5.41) is -0.508. The smallest absolute Gasteiger partial charge is 0.430 e. The maximum atomic E-state index is 13.3. The van der Waals surface area contributed by atoms with E-state index in [4.69, 9.17) is 16.3 Å². The molecule has 1 aromatic carbocycles. The number of hydrogen-bond acceptors (Lipinski definition) is 5. The minimum Gasteiger partial charge on any atom is -0.443 e. The van der Waals surface area contributed by atoms with Crippen LogP contribution in [0.25, 0.3) is 5.65 Å². The molecule has 0 fully saturated rings. The number of alkyl halides is 3. The summed E-state index contributed by atoms with van der Waals surface area (Å²) < 4.78 is 72.0. The van der Waals surface area contributed by atoms with Gasteiger partial charge in [-0.3, -0.25) is 4.40 Å². The molecule has 0 aliphatic carbocycles. The molecule has 0 aliphatic heterocycles. The molecule has 3 aromatic rings. The molecule has 2 heterocycles.